The predicted octanol–water partition coefficient (Wildman–Crippen LogP) is 1.84. The first-order valence-electron chi connectivity index (χ1n) is 10.6. The molecule has 0 radical (unpaired) electrons. The molecule has 2 aliphatic heterocycles. The molecule has 0 unspecified atom stereocenters. The van der Waals surface area contributed by atoms with Crippen LogP contribution in [0.4, 0.5) is 0 Å². The minimum atomic E-state index is -3.49. The second-order valence-corrected chi connectivity index (χ2v) is 9.80. The molecular formula is C21H34N4O3S. The average molecular weight is 423 g/mol. The Morgan fingerprint density at radius 2 is 2.03 bits per heavy atom. The van der Waals surface area contributed by atoms with Crippen molar-refractivity contribution >= 4 is 15.9 Å². The van der Waals surface area contributed by atoms with Crippen molar-refractivity contribution in [3.8, 4) is 0 Å². The van der Waals surface area contributed by atoms with Gasteiger partial charge in [0.05, 0.1) is 17.0 Å². The van der Waals surface area contributed by atoms with Gasteiger partial charge in [-0.3, -0.25) is 4.99 Å². The maximum absolute atomic E-state index is 13.2. The van der Waals surface area contributed by atoms with Crippen molar-refractivity contribution < 1.29 is 13.2 Å². The van der Waals surface area contributed by atoms with E-state index in [1.165, 1.54) is 0 Å². The van der Waals surface area contributed by atoms with Crippen molar-refractivity contribution in [2.75, 3.05) is 45.9 Å². The van der Waals surface area contributed by atoms with Gasteiger partial charge in [0, 0.05) is 39.4 Å². The van der Waals surface area contributed by atoms with Crippen LogP contribution in [-0.2, 0) is 14.8 Å². The van der Waals surface area contributed by atoms with Crippen LogP contribution in [0.1, 0.15) is 37.3 Å². The molecule has 29 heavy (non-hydrogen) atoms. The van der Waals surface area contributed by atoms with Crippen LogP contribution in [0.25, 0.3) is 0 Å². The third kappa shape index (κ3) is 4.99. The highest BCUT2D eigenvalue weighted by Crippen LogP contribution is 2.30. The van der Waals surface area contributed by atoms with Crippen molar-refractivity contribution in [3.63, 3.8) is 0 Å². The van der Waals surface area contributed by atoms with Crippen molar-refractivity contribution in [2.24, 2.45) is 4.99 Å². The molecule has 2 aliphatic rings. The van der Waals surface area contributed by atoms with E-state index in [-0.39, 0.29) is 5.54 Å². The summed E-state index contributed by atoms with van der Waals surface area (Å²) < 4.78 is 33.5. The number of benzene rings is 1. The molecule has 8 heteroatoms. The zero-order valence-electron chi connectivity index (χ0n) is 17.8. The van der Waals surface area contributed by atoms with Gasteiger partial charge in [-0.1, -0.05) is 12.1 Å². The summed E-state index contributed by atoms with van der Waals surface area (Å²) in [5.41, 5.74) is 1.50. The number of hydrogen-bond donors (Lipinski definition) is 2. The van der Waals surface area contributed by atoms with Gasteiger partial charge < -0.3 is 15.4 Å². The summed E-state index contributed by atoms with van der Waals surface area (Å²) in [4.78, 5) is 5.15. The maximum atomic E-state index is 13.2. The lowest BCUT2D eigenvalue weighted by Crippen LogP contribution is -2.64. The molecule has 1 aromatic rings. The molecule has 1 fully saturated rings. The zero-order valence-corrected chi connectivity index (χ0v) is 18.6. The van der Waals surface area contributed by atoms with Crippen molar-refractivity contribution in [2.45, 2.75) is 50.5 Å². The number of amidine groups is 1. The molecule has 0 aliphatic carbocycles. The Balaban J connectivity index is 1.67. The number of rotatable bonds is 7. The maximum Gasteiger partial charge on any atom is 0.243 e. The summed E-state index contributed by atoms with van der Waals surface area (Å²) in [5.74, 6) is 0.976. The molecule has 162 valence electrons. The monoisotopic (exact) mass is 422 g/mol. The van der Waals surface area contributed by atoms with E-state index >= 15 is 0 Å². The van der Waals surface area contributed by atoms with E-state index in [1.54, 1.807) is 10.4 Å². The molecule has 1 saturated heterocycles. The van der Waals surface area contributed by atoms with Crippen LogP contribution in [0.3, 0.4) is 0 Å². The minimum absolute atomic E-state index is 0.252. The quantitative estimate of drug-likeness (QED) is 0.655. The van der Waals surface area contributed by atoms with Crippen LogP contribution in [-0.4, -0.2) is 70.0 Å². The molecule has 7 nitrogen and oxygen atoms in total. The van der Waals surface area contributed by atoms with Gasteiger partial charge in [0.15, 0.2) is 0 Å². The van der Waals surface area contributed by atoms with Crippen molar-refractivity contribution in [1.29, 1.82) is 0 Å². The fourth-order valence-corrected chi connectivity index (χ4v) is 5.85. The Hall–Kier alpha value is -1.48. The fraction of sp³-hybridized carbons (Fsp3) is 0.667. The van der Waals surface area contributed by atoms with Gasteiger partial charge in [0.1, 0.15) is 5.84 Å². The Labute approximate surface area is 175 Å². The number of hydrogen-bond acceptors (Lipinski definition) is 6. The van der Waals surface area contributed by atoms with Crippen LogP contribution < -0.4 is 10.6 Å². The highest BCUT2D eigenvalue weighted by Gasteiger charge is 2.43. The molecular weight excluding hydrogens is 388 g/mol. The normalized spacial score (nSPS) is 19.9. The minimum Gasteiger partial charge on any atom is -0.382 e. The molecule has 0 aromatic heterocycles. The third-order valence-corrected chi connectivity index (χ3v) is 7.84. The molecule has 0 atom stereocenters. The van der Waals surface area contributed by atoms with E-state index in [0.29, 0.717) is 30.8 Å². The third-order valence-electron chi connectivity index (χ3n) is 5.80. The van der Waals surface area contributed by atoms with Crippen LogP contribution >= 0.6 is 0 Å². The lowest BCUT2D eigenvalue weighted by molar-refractivity contribution is 0.145. The average Bonchev–Trinajstić information content (AvgIpc) is 2.71. The van der Waals surface area contributed by atoms with Crippen LogP contribution in [0, 0.1) is 13.8 Å². The van der Waals surface area contributed by atoms with Gasteiger partial charge in [-0.25, -0.2) is 8.42 Å². The Morgan fingerprint density at radius 1 is 1.28 bits per heavy atom. The summed E-state index contributed by atoms with van der Waals surface area (Å²) in [6, 6.07) is 5.61. The van der Waals surface area contributed by atoms with E-state index in [1.807, 2.05) is 32.9 Å². The molecule has 0 amide bonds. The van der Waals surface area contributed by atoms with E-state index in [4.69, 9.17) is 9.73 Å². The number of ether oxygens (including phenoxy) is 1. The van der Waals surface area contributed by atoms with Gasteiger partial charge in [-0.15, -0.1) is 0 Å². The Bertz CT molecular complexity index is 830. The van der Waals surface area contributed by atoms with Crippen LogP contribution in [0.5, 0.6) is 0 Å². The van der Waals surface area contributed by atoms with E-state index < -0.39 is 10.0 Å². The molecule has 1 aromatic carbocycles. The van der Waals surface area contributed by atoms with Gasteiger partial charge in [-0.05, 0) is 57.2 Å². The largest absolute Gasteiger partial charge is 0.382 e. The van der Waals surface area contributed by atoms with E-state index in [0.717, 1.165) is 56.2 Å². The highest BCUT2D eigenvalue weighted by molar-refractivity contribution is 7.89. The molecule has 2 N–H and O–H groups in total. The first kappa shape index (κ1) is 22.2. The lowest BCUT2D eigenvalue weighted by Gasteiger charge is -2.44. The smallest absolute Gasteiger partial charge is 0.243 e. The number of aryl methyl sites for hydroxylation is 2. The fourth-order valence-electron chi connectivity index (χ4n) is 4.09. The first-order valence-corrected chi connectivity index (χ1v) is 12.0. The van der Waals surface area contributed by atoms with Gasteiger partial charge in [0.25, 0.3) is 0 Å². The standard InChI is InChI=1S/C21H34N4O3S/c1-4-28-15-5-10-22-20-21(24-12-11-23-20)8-13-25(14-9-21)29(26,27)19-16-17(2)6-7-18(19)3/h6-7,16,24H,4-5,8-15H2,1-3H3,(H,22,23). The first-order chi connectivity index (χ1) is 13.9. The summed E-state index contributed by atoms with van der Waals surface area (Å²) in [7, 11) is -3.49. The second kappa shape index (κ2) is 9.55. The van der Waals surface area contributed by atoms with E-state index in [9.17, 15) is 8.42 Å². The van der Waals surface area contributed by atoms with Crippen LogP contribution in [0.15, 0.2) is 28.1 Å². The van der Waals surface area contributed by atoms with E-state index in [2.05, 4.69) is 10.6 Å². The SMILES string of the molecule is CCOCCCNC1=NCCNC12CCN(S(=O)(=O)c1cc(C)ccc1C)CC2. The van der Waals surface area contributed by atoms with Gasteiger partial charge in [-0.2, -0.15) is 4.31 Å². The number of sulfonamides is 1. The number of nitrogens with one attached hydrogen (secondary N) is 2. The molecule has 0 bridgehead atoms. The zero-order chi connectivity index (χ0) is 20.9. The number of nitrogens with zero attached hydrogens (tertiary/aromatic N) is 2. The summed E-state index contributed by atoms with van der Waals surface area (Å²) >= 11 is 0. The molecule has 1 spiro atoms. The van der Waals surface area contributed by atoms with Gasteiger partial charge in [0.2, 0.25) is 10.0 Å². The van der Waals surface area contributed by atoms with Crippen molar-refractivity contribution in [3.05, 3.63) is 29.3 Å². The molecule has 0 saturated carbocycles. The molecule has 2 heterocycles. The molecule has 3 rings (SSSR count). The highest BCUT2D eigenvalue weighted by atomic mass is 32.2. The number of piperidine rings is 1. The lowest BCUT2D eigenvalue weighted by atomic mass is 9.85. The topological polar surface area (TPSA) is 83.0 Å². The van der Waals surface area contributed by atoms with Crippen LogP contribution in [0.2, 0.25) is 0 Å². The summed E-state index contributed by atoms with van der Waals surface area (Å²) in [5, 5.41) is 7.11. The summed E-state index contributed by atoms with van der Waals surface area (Å²) in [6.45, 7) is 10.6. The number of aliphatic imine (C=N–C) groups is 1. The predicted molar refractivity (Wildman–Crippen MR) is 116 cm³/mol. The summed E-state index contributed by atoms with van der Waals surface area (Å²) in [6.07, 6.45) is 2.36. The Kier molecular flexibility index (Phi) is 7.32. The van der Waals surface area contributed by atoms with Crippen molar-refractivity contribution in [1.82, 2.24) is 14.9 Å². The Morgan fingerprint density at radius 3 is 2.76 bits per heavy atom. The van der Waals surface area contributed by atoms with Gasteiger partial charge >= 0.3 is 0 Å². The second-order valence-electron chi connectivity index (χ2n) is 7.89.